The molecule has 2 aromatic heterocycles. The first kappa shape index (κ1) is 10.3. The van der Waals surface area contributed by atoms with E-state index in [0.717, 1.165) is 5.56 Å². The first-order chi connectivity index (χ1) is 7.86. The van der Waals surface area contributed by atoms with Crippen LogP contribution in [0.25, 0.3) is 0 Å². The molecule has 80 valence electrons. The van der Waals surface area contributed by atoms with Gasteiger partial charge in [0.1, 0.15) is 0 Å². The molecule has 0 aliphatic heterocycles. The zero-order valence-electron chi connectivity index (χ0n) is 8.63. The number of amides is 1. The highest BCUT2D eigenvalue weighted by Crippen LogP contribution is 1.99. The van der Waals surface area contributed by atoms with Crippen LogP contribution in [0.2, 0.25) is 0 Å². The molecule has 0 unspecified atom stereocenters. The molecule has 0 bridgehead atoms. The molecule has 0 spiro atoms. The maximum absolute atomic E-state index is 11.7. The number of rotatable bonds is 3. The first-order valence-corrected chi connectivity index (χ1v) is 4.93. The van der Waals surface area contributed by atoms with Crippen LogP contribution in [-0.4, -0.2) is 15.9 Å². The molecule has 0 saturated heterocycles. The van der Waals surface area contributed by atoms with Gasteiger partial charge in [0, 0.05) is 36.9 Å². The molecule has 2 rings (SSSR count). The van der Waals surface area contributed by atoms with Gasteiger partial charge in [-0.1, -0.05) is 0 Å². The summed E-state index contributed by atoms with van der Waals surface area (Å²) >= 11 is 0. The van der Waals surface area contributed by atoms with E-state index in [1.54, 1.807) is 36.9 Å². The summed E-state index contributed by atoms with van der Waals surface area (Å²) in [5.41, 5.74) is 1.64. The minimum Gasteiger partial charge on any atom is -0.348 e. The number of aromatic nitrogens is 2. The van der Waals surface area contributed by atoms with Crippen LogP contribution in [-0.2, 0) is 6.54 Å². The minimum absolute atomic E-state index is 0.0980. The zero-order chi connectivity index (χ0) is 11.2. The molecule has 0 aliphatic rings. The van der Waals surface area contributed by atoms with Gasteiger partial charge >= 0.3 is 0 Å². The molecule has 2 heterocycles. The number of carbonyl (C=O) groups is 1. The third-order valence-corrected chi connectivity index (χ3v) is 2.14. The van der Waals surface area contributed by atoms with Crippen molar-refractivity contribution in [1.82, 2.24) is 15.3 Å². The maximum Gasteiger partial charge on any atom is 0.251 e. The lowest BCUT2D eigenvalue weighted by atomic mass is 10.2. The largest absolute Gasteiger partial charge is 0.348 e. The Bertz CT molecular complexity index is 456. The van der Waals surface area contributed by atoms with Gasteiger partial charge in [0.05, 0.1) is 0 Å². The molecule has 16 heavy (non-hydrogen) atoms. The topological polar surface area (TPSA) is 54.9 Å². The van der Waals surface area contributed by atoms with Gasteiger partial charge in [0.15, 0.2) is 0 Å². The van der Waals surface area contributed by atoms with Gasteiger partial charge in [0.25, 0.3) is 5.91 Å². The van der Waals surface area contributed by atoms with Gasteiger partial charge in [-0.25, -0.2) is 0 Å². The lowest BCUT2D eigenvalue weighted by Gasteiger charge is -2.04. The van der Waals surface area contributed by atoms with E-state index in [-0.39, 0.29) is 5.91 Å². The van der Waals surface area contributed by atoms with E-state index in [9.17, 15) is 4.79 Å². The van der Waals surface area contributed by atoms with E-state index in [0.29, 0.717) is 12.1 Å². The minimum atomic E-state index is -0.0980. The highest BCUT2D eigenvalue weighted by atomic mass is 16.1. The van der Waals surface area contributed by atoms with Crippen LogP contribution < -0.4 is 5.32 Å². The van der Waals surface area contributed by atoms with Crippen LogP contribution in [0.1, 0.15) is 15.9 Å². The number of nitrogens with one attached hydrogen (secondary N) is 1. The molecule has 0 atom stereocenters. The van der Waals surface area contributed by atoms with Gasteiger partial charge in [-0.2, -0.15) is 0 Å². The molecule has 1 N–H and O–H groups in total. The SMILES string of the molecule is O=C(NCc1ccncc1)c1ccncc1. The van der Waals surface area contributed by atoms with Gasteiger partial charge in [-0.05, 0) is 29.8 Å². The van der Waals surface area contributed by atoms with E-state index < -0.39 is 0 Å². The summed E-state index contributed by atoms with van der Waals surface area (Å²) in [7, 11) is 0. The lowest BCUT2D eigenvalue weighted by Crippen LogP contribution is -2.22. The van der Waals surface area contributed by atoms with E-state index in [1.165, 1.54) is 0 Å². The smallest absolute Gasteiger partial charge is 0.251 e. The van der Waals surface area contributed by atoms with Crippen LogP contribution in [0, 0.1) is 0 Å². The summed E-state index contributed by atoms with van der Waals surface area (Å²) in [6, 6.07) is 7.10. The Morgan fingerprint density at radius 3 is 2.19 bits per heavy atom. The number of hydrogen-bond acceptors (Lipinski definition) is 3. The van der Waals surface area contributed by atoms with Crippen LogP contribution in [0.15, 0.2) is 49.1 Å². The molecule has 4 nitrogen and oxygen atoms in total. The van der Waals surface area contributed by atoms with Crippen molar-refractivity contribution < 1.29 is 4.79 Å². The molecule has 0 aromatic carbocycles. The highest BCUT2D eigenvalue weighted by molar-refractivity contribution is 5.93. The molecule has 0 fully saturated rings. The first-order valence-electron chi connectivity index (χ1n) is 4.93. The van der Waals surface area contributed by atoms with Crippen LogP contribution >= 0.6 is 0 Å². The number of carbonyl (C=O) groups excluding carboxylic acids is 1. The number of hydrogen-bond donors (Lipinski definition) is 1. The van der Waals surface area contributed by atoms with Crippen molar-refractivity contribution in [3.05, 3.63) is 60.2 Å². The predicted octanol–water partition coefficient (Wildman–Crippen LogP) is 1.41. The molecule has 0 saturated carbocycles. The second kappa shape index (κ2) is 5.02. The van der Waals surface area contributed by atoms with Crippen LogP contribution in [0.3, 0.4) is 0 Å². The Kier molecular flexibility index (Phi) is 3.23. The lowest BCUT2D eigenvalue weighted by molar-refractivity contribution is 0.0951. The molecular formula is C12H11N3O. The van der Waals surface area contributed by atoms with Crippen molar-refractivity contribution in [3.63, 3.8) is 0 Å². The quantitative estimate of drug-likeness (QED) is 0.838. The zero-order valence-corrected chi connectivity index (χ0v) is 8.63. The van der Waals surface area contributed by atoms with Crippen LogP contribution in [0.5, 0.6) is 0 Å². The highest BCUT2D eigenvalue weighted by Gasteiger charge is 2.03. The van der Waals surface area contributed by atoms with Crippen molar-refractivity contribution in [2.24, 2.45) is 0 Å². The molecule has 4 heteroatoms. The number of nitrogens with zero attached hydrogens (tertiary/aromatic N) is 2. The summed E-state index contributed by atoms with van der Waals surface area (Å²) in [5, 5.41) is 2.82. The second-order valence-corrected chi connectivity index (χ2v) is 3.27. The van der Waals surface area contributed by atoms with E-state index >= 15 is 0 Å². The third kappa shape index (κ3) is 2.63. The summed E-state index contributed by atoms with van der Waals surface area (Å²) < 4.78 is 0. The molecule has 2 aromatic rings. The van der Waals surface area contributed by atoms with Crippen molar-refractivity contribution in [2.45, 2.75) is 6.54 Å². The van der Waals surface area contributed by atoms with Gasteiger partial charge in [-0.15, -0.1) is 0 Å². The van der Waals surface area contributed by atoms with Gasteiger partial charge in [0.2, 0.25) is 0 Å². The van der Waals surface area contributed by atoms with Gasteiger partial charge in [-0.3, -0.25) is 14.8 Å². The van der Waals surface area contributed by atoms with Gasteiger partial charge < -0.3 is 5.32 Å². The average Bonchev–Trinajstić information content (AvgIpc) is 2.38. The fourth-order valence-corrected chi connectivity index (χ4v) is 1.29. The fourth-order valence-electron chi connectivity index (χ4n) is 1.29. The Hall–Kier alpha value is -2.23. The van der Waals surface area contributed by atoms with Crippen molar-refractivity contribution in [2.75, 3.05) is 0 Å². The monoisotopic (exact) mass is 213 g/mol. The molecular weight excluding hydrogens is 202 g/mol. The van der Waals surface area contributed by atoms with E-state index in [1.807, 2.05) is 12.1 Å². The Balaban J connectivity index is 1.95. The summed E-state index contributed by atoms with van der Waals surface area (Å²) in [6.45, 7) is 0.504. The average molecular weight is 213 g/mol. The predicted molar refractivity (Wildman–Crippen MR) is 59.6 cm³/mol. The Morgan fingerprint density at radius 2 is 1.56 bits per heavy atom. The summed E-state index contributed by atoms with van der Waals surface area (Å²) in [6.07, 6.45) is 6.60. The Morgan fingerprint density at radius 1 is 1.00 bits per heavy atom. The van der Waals surface area contributed by atoms with E-state index in [4.69, 9.17) is 0 Å². The van der Waals surface area contributed by atoms with Crippen molar-refractivity contribution in [1.29, 1.82) is 0 Å². The van der Waals surface area contributed by atoms with Crippen molar-refractivity contribution in [3.8, 4) is 0 Å². The van der Waals surface area contributed by atoms with Crippen molar-refractivity contribution >= 4 is 5.91 Å². The van der Waals surface area contributed by atoms with E-state index in [2.05, 4.69) is 15.3 Å². The fraction of sp³-hybridized carbons (Fsp3) is 0.0833. The normalized spacial score (nSPS) is 9.75. The molecule has 0 radical (unpaired) electrons. The summed E-state index contributed by atoms with van der Waals surface area (Å²) in [4.78, 5) is 19.4. The Labute approximate surface area is 93.4 Å². The maximum atomic E-state index is 11.7. The second-order valence-electron chi connectivity index (χ2n) is 3.27. The third-order valence-electron chi connectivity index (χ3n) is 2.14. The molecule has 1 amide bonds. The summed E-state index contributed by atoms with van der Waals surface area (Å²) in [5.74, 6) is -0.0980. The van der Waals surface area contributed by atoms with Crippen LogP contribution in [0.4, 0.5) is 0 Å². The number of pyridine rings is 2. The standard InChI is InChI=1S/C12H11N3O/c16-12(11-3-7-14-8-4-11)15-9-10-1-5-13-6-2-10/h1-8H,9H2,(H,15,16). The molecule has 0 aliphatic carbocycles.